The summed E-state index contributed by atoms with van der Waals surface area (Å²) in [4.78, 5) is 12.6. The number of hydrogen-bond acceptors (Lipinski definition) is 6. The van der Waals surface area contributed by atoms with Crippen LogP contribution in [0.25, 0.3) is 0 Å². The van der Waals surface area contributed by atoms with Crippen LogP contribution in [0.5, 0.6) is 0 Å². The topological polar surface area (TPSA) is 60.5 Å². The van der Waals surface area contributed by atoms with E-state index in [0.29, 0.717) is 19.8 Å². The fourth-order valence-electron chi connectivity index (χ4n) is 3.10. The summed E-state index contributed by atoms with van der Waals surface area (Å²) in [6.45, 7) is 14.5. The van der Waals surface area contributed by atoms with E-state index in [1.807, 2.05) is 54.7 Å². The molecule has 2 saturated heterocycles. The molecule has 1 amide bonds. The predicted octanol–water partition coefficient (Wildman–Crippen LogP) is 2.72. The first-order valence-electron chi connectivity index (χ1n) is 8.82. The number of fused-ring (bicyclic) bond motifs is 2. The van der Waals surface area contributed by atoms with Crippen molar-refractivity contribution in [3.8, 4) is 0 Å². The van der Waals surface area contributed by atoms with Gasteiger partial charge in [0.2, 0.25) is 0 Å². The van der Waals surface area contributed by atoms with Crippen LogP contribution in [0.4, 0.5) is 4.79 Å². The summed E-state index contributed by atoms with van der Waals surface area (Å²) >= 11 is 0. The summed E-state index contributed by atoms with van der Waals surface area (Å²) in [6, 6.07) is -0.123. The van der Waals surface area contributed by atoms with Crippen molar-refractivity contribution in [3.63, 3.8) is 0 Å². The molecule has 7 nitrogen and oxygen atoms in total. The average Bonchev–Trinajstić information content (AvgIpc) is 2.64. The predicted molar refractivity (Wildman–Crippen MR) is 93.3 cm³/mol. The molecule has 3 rings (SSSR count). The molecular weight excluding hydrogens is 323 g/mol. The highest BCUT2D eigenvalue weighted by molar-refractivity contribution is 6.54. The van der Waals surface area contributed by atoms with Crippen LogP contribution in [0.1, 0.15) is 54.9 Å². The summed E-state index contributed by atoms with van der Waals surface area (Å²) in [7, 11) is -0.408. The number of hydrogen-bond donors (Lipinski definition) is 0. The van der Waals surface area contributed by atoms with E-state index in [1.54, 1.807) is 10.0 Å². The van der Waals surface area contributed by atoms with Crippen molar-refractivity contribution in [2.45, 2.75) is 77.7 Å². The first-order valence-corrected chi connectivity index (χ1v) is 8.82. The van der Waals surface area contributed by atoms with Gasteiger partial charge in [-0.2, -0.15) is 0 Å². The van der Waals surface area contributed by atoms with Gasteiger partial charge in [-0.1, -0.05) is 0 Å². The number of carbonyl (C=O) groups excluding carboxylic acids is 1. The van der Waals surface area contributed by atoms with Crippen LogP contribution in [-0.4, -0.2) is 59.4 Å². The fourth-order valence-corrected chi connectivity index (χ4v) is 3.10. The van der Waals surface area contributed by atoms with Crippen LogP contribution in [0.2, 0.25) is 0 Å². The van der Waals surface area contributed by atoms with E-state index in [2.05, 4.69) is 0 Å². The lowest BCUT2D eigenvalue weighted by Gasteiger charge is -2.46. The fraction of sp³-hybridized carbons (Fsp3) is 0.824. The number of carbonyl (C=O) groups is 1. The van der Waals surface area contributed by atoms with Gasteiger partial charge in [0.25, 0.3) is 0 Å². The van der Waals surface area contributed by atoms with Crippen molar-refractivity contribution in [2.75, 3.05) is 13.3 Å². The van der Waals surface area contributed by atoms with Gasteiger partial charge in [0.05, 0.1) is 23.9 Å². The normalized spacial score (nSPS) is 28.0. The highest BCUT2D eigenvalue weighted by atomic mass is 16.7. The molecule has 3 heterocycles. The highest BCUT2D eigenvalue weighted by Gasteiger charge is 2.54. The van der Waals surface area contributed by atoms with E-state index < -0.39 is 12.7 Å². The molecule has 0 N–H and O–H groups in total. The number of hydrazine groups is 1. The van der Waals surface area contributed by atoms with Gasteiger partial charge >= 0.3 is 13.2 Å². The monoisotopic (exact) mass is 352 g/mol. The smallest absolute Gasteiger partial charge is 0.442 e. The van der Waals surface area contributed by atoms with Gasteiger partial charge in [0.1, 0.15) is 12.3 Å². The van der Waals surface area contributed by atoms with Crippen LogP contribution in [0.3, 0.4) is 0 Å². The van der Waals surface area contributed by atoms with E-state index in [0.717, 1.165) is 5.47 Å². The van der Waals surface area contributed by atoms with Crippen molar-refractivity contribution in [3.05, 3.63) is 11.7 Å². The second-order valence-corrected chi connectivity index (χ2v) is 8.91. The Balaban J connectivity index is 1.79. The summed E-state index contributed by atoms with van der Waals surface area (Å²) in [6.07, 6.45) is 2.17. The molecule has 0 spiro atoms. The van der Waals surface area contributed by atoms with Crippen LogP contribution in [0, 0.1) is 0 Å². The van der Waals surface area contributed by atoms with Gasteiger partial charge in [-0.25, -0.2) is 9.80 Å². The second-order valence-electron chi connectivity index (χ2n) is 8.91. The minimum Gasteiger partial charge on any atom is -0.442 e. The molecular formula is C17H29BN2O5. The molecule has 140 valence electrons. The lowest BCUT2D eigenvalue weighted by atomic mass is 9.74. The van der Waals surface area contributed by atoms with Crippen molar-refractivity contribution in [2.24, 2.45) is 0 Å². The Morgan fingerprint density at radius 3 is 2.36 bits per heavy atom. The zero-order valence-corrected chi connectivity index (χ0v) is 16.3. The Morgan fingerprint density at radius 2 is 1.84 bits per heavy atom. The van der Waals surface area contributed by atoms with E-state index in [1.165, 1.54) is 0 Å². The Hall–Kier alpha value is -1.25. The maximum Gasteiger partial charge on any atom is 0.492 e. The van der Waals surface area contributed by atoms with E-state index in [9.17, 15) is 4.79 Å². The molecule has 0 aliphatic carbocycles. The highest BCUT2D eigenvalue weighted by Crippen LogP contribution is 2.41. The van der Waals surface area contributed by atoms with Gasteiger partial charge < -0.3 is 18.8 Å². The van der Waals surface area contributed by atoms with Gasteiger partial charge in [-0.3, -0.25) is 5.01 Å². The van der Waals surface area contributed by atoms with Crippen molar-refractivity contribution in [1.29, 1.82) is 0 Å². The quantitative estimate of drug-likeness (QED) is 0.677. The minimum atomic E-state index is -0.539. The minimum absolute atomic E-state index is 0.123. The molecule has 0 aromatic rings. The number of nitrogens with zero attached hydrogens (tertiary/aromatic N) is 2. The lowest BCUT2D eigenvalue weighted by Crippen LogP contribution is -2.60. The lowest BCUT2D eigenvalue weighted by molar-refractivity contribution is -0.159. The van der Waals surface area contributed by atoms with Crippen LogP contribution < -0.4 is 0 Å². The molecule has 1 unspecified atom stereocenters. The molecule has 0 aromatic heterocycles. The third-order valence-electron chi connectivity index (χ3n) is 5.08. The maximum absolute atomic E-state index is 12.6. The number of rotatable bonds is 1. The average molecular weight is 352 g/mol. The number of ether oxygens (including phenoxy) is 2. The first-order chi connectivity index (χ1) is 11.4. The molecule has 1 atom stereocenters. The van der Waals surface area contributed by atoms with Crippen molar-refractivity contribution in [1.82, 2.24) is 10.0 Å². The summed E-state index contributed by atoms with van der Waals surface area (Å²) in [5, 5.41) is 3.40. The standard InChI is InChI=1S/C17H29BN2O5/c1-15(2,3)23-14(21)20-13-8-12(9-19(20)11-22-10-13)18-24-16(4,5)17(6,7)25-18/h9,13H,8,10-11H2,1-7H3. The zero-order valence-electron chi connectivity index (χ0n) is 16.3. The van der Waals surface area contributed by atoms with Gasteiger partial charge in [-0.15, -0.1) is 0 Å². The van der Waals surface area contributed by atoms with Crippen LogP contribution >= 0.6 is 0 Å². The molecule has 0 radical (unpaired) electrons. The second kappa shape index (κ2) is 5.89. The Morgan fingerprint density at radius 1 is 1.24 bits per heavy atom. The van der Waals surface area contributed by atoms with E-state index >= 15 is 0 Å². The molecule has 0 aromatic carbocycles. The Labute approximate surface area is 150 Å². The molecule has 8 heteroatoms. The van der Waals surface area contributed by atoms with Crippen molar-refractivity contribution >= 4 is 13.2 Å². The SMILES string of the molecule is CC(C)(C)OC(=O)N1C2COCN1C=C(B1OC(C)(C)C(C)(C)O1)C2. The van der Waals surface area contributed by atoms with Gasteiger partial charge in [0, 0.05) is 6.20 Å². The Kier molecular flexibility index (Phi) is 4.37. The Bertz CT molecular complexity index is 568. The van der Waals surface area contributed by atoms with E-state index in [4.69, 9.17) is 18.8 Å². The molecule has 25 heavy (non-hydrogen) atoms. The van der Waals surface area contributed by atoms with Crippen molar-refractivity contribution < 1.29 is 23.6 Å². The molecule has 2 bridgehead atoms. The zero-order chi connectivity index (χ0) is 18.6. The van der Waals surface area contributed by atoms with Gasteiger partial charge in [0.15, 0.2) is 0 Å². The largest absolute Gasteiger partial charge is 0.492 e. The molecule has 3 aliphatic rings. The molecule has 0 saturated carbocycles. The van der Waals surface area contributed by atoms with Crippen LogP contribution in [0.15, 0.2) is 11.7 Å². The maximum atomic E-state index is 12.6. The summed E-state index contributed by atoms with van der Waals surface area (Å²) in [5.41, 5.74) is -0.293. The van der Waals surface area contributed by atoms with E-state index in [-0.39, 0.29) is 23.3 Å². The molecule has 3 aliphatic heterocycles. The summed E-state index contributed by atoms with van der Waals surface area (Å²) in [5.74, 6) is 0. The molecule has 2 fully saturated rings. The van der Waals surface area contributed by atoms with Crippen LogP contribution in [-0.2, 0) is 18.8 Å². The first kappa shape index (κ1) is 18.5. The summed E-state index contributed by atoms with van der Waals surface area (Å²) < 4.78 is 23.4. The number of amides is 1. The third-order valence-corrected chi connectivity index (χ3v) is 5.08. The third kappa shape index (κ3) is 3.52. The van der Waals surface area contributed by atoms with Gasteiger partial charge in [-0.05, 0) is 60.4 Å².